The maximum absolute atomic E-state index is 13.2. The van der Waals surface area contributed by atoms with Gasteiger partial charge < -0.3 is 19.1 Å². The molecular weight excluding hydrogens is 334 g/mol. The van der Waals surface area contributed by atoms with Crippen molar-refractivity contribution < 1.29 is 19.0 Å². The highest BCUT2D eigenvalue weighted by molar-refractivity contribution is 5.98. The summed E-state index contributed by atoms with van der Waals surface area (Å²) in [6, 6.07) is 3.38. The van der Waals surface area contributed by atoms with Crippen molar-refractivity contribution in [3.63, 3.8) is 0 Å². The molecule has 1 aromatic carbocycles. The summed E-state index contributed by atoms with van der Waals surface area (Å²) in [7, 11) is 4.66. The minimum Gasteiger partial charge on any atom is -0.496 e. The summed E-state index contributed by atoms with van der Waals surface area (Å²) < 4.78 is 16.1. The molecule has 2 aliphatic rings. The van der Waals surface area contributed by atoms with Crippen LogP contribution in [0.1, 0.15) is 46.1 Å². The number of hydrogen-bond acceptors (Lipinski definition) is 5. The second kappa shape index (κ2) is 6.55. The number of aromatic amines is 1. The number of nitrogens with one attached hydrogen (secondary N) is 1. The molecule has 26 heavy (non-hydrogen) atoms. The van der Waals surface area contributed by atoms with Crippen LogP contribution in [0.25, 0.3) is 0 Å². The van der Waals surface area contributed by atoms with Gasteiger partial charge in [-0.05, 0) is 12.8 Å². The second-order valence-corrected chi connectivity index (χ2v) is 6.72. The monoisotopic (exact) mass is 357 g/mol. The molecule has 138 valence electrons. The Labute approximate surface area is 152 Å². The lowest BCUT2D eigenvalue weighted by Gasteiger charge is -2.28. The first-order chi connectivity index (χ1) is 12.7. The number of methoxy groups -OCH3 is 3. The third kappa shape index (κ3) is 2.77. The molecule has 1 N–H and O–H groups in total. The molecule has 0 atom stereocenters. The van der Waals surface area contributed by atoms with Crippen LogP contribution < -0.4 is 14.2 Å². The number of H-pyrrole nitrogens is 1. The number of rotatable bonds is 5. The predicted molar refractivity (Wildman–Crippen MR) is 95.1 cm³/mol. The fourth-order valence-electron chi connectivity index (χ4n) is 3.55. The molecule has 2 heterocycles. The third-order valence-corrected chi connectivity index (χ3v) is 5.15. The molecule has 0 radical (unpaired) electrons. The molecule has 0 unspecified atom stereocenters. The van der Waals surface area contributed by atoms with Gasteiger partial charge in [-0.3, -0.25) is 9.89 Å². The molecule has 1 aliphatic carbocycles. The topological polar surface area (TPSA) is 76.7 Å². The third-order valence-electron chi connectivity index (χ3n) is 5.15. The lowest BCUT2D eigenvalue weighted by Crippen LogP contribution is -2.36. The number of hydrogen-bond donors (Lipinski definition) is 1. The predicted octanol–water partition coefficient (Wildman–Crippen LogP) is 2.51. The zero-order valence-corrected chi connectivity index (χ0v) is 15.3. The molecule has 0 bridgehead atoms. The normalized spacial score (nSPS) is 16.2. The first-order valence-corrected chi connectivity index (χ1v) is 8.81. The molecule has 1 saturated carbocycles. The van der Waals surface area contributed by atoms with Gasteiger partial charge in [0.25, 0.3) is 5.91 Å². The van der Waals surface area contributed by atoms with E-state index < -0.39 is 0 Å². The molecule has 1 fully saturated rings. The summed E-state index contributed by atoms with van der Waals surface area (Å²) in [5.41, 5.74) is 3.96. The quantitative estimate of drug-likeness (QED) is 0.890. The van der Waals surface area contributed by atoms with Crippen molar-refractivity contribution in [2.45, 2.75) is 31.7 Å². The Morgan fingerprint density at radius 2 is 1.81 bits per heavy atom. The van der Waals surface area contributed by atoms with Crippen molar-refractivity contribution >= 4 is 5.91 Å². The van der Waals surface area contributed by atoms with Crippen LogP contribution in [0.2, 0.25) is 0 Å². The first-order valence-electron chi connectivity index (χ1n) is 8.81. The Morgan fingerprint density at radius 3 is 2.46 bits per heavy atom. The number of nitrogens with zero attached hydrogens (tertiary/aromatic N) is 2. The number of fused-ring (bicyclic) bond motifs is 1. The molecule has 1 aliphatic heterocycles. The van der Waals surface area contributed by atoms with E-state index in [9.17, 15) is 4.79 Å². The molecule has 0 saturated heterocycles. The van der Waals surface area contributed by atoms with E-state index in [1.165, 1.54) is 18.4 Å². The van der Waals surface area contributed by atoms with Crippen molar-refractivity contribution in [1.29, 1.82) is 0 Å². The first kappa shape index (κ1) is 16.8. The van der Waals surface area contributed by atoms with Gasteiger partial charge in [0.15, 0.2) is 11.5 Å². The SMILES string of the molecule is COc1cc(OC)c(C(=O)N2CCc3[nH]nc(C4CC4)c3C2)cc1OC. The molecule has 0 spiro atoms. The van der Waals surface area contributed by atoms with Crippen molar-refractivity contribution in [3.8, 4) is 17.2 Å². The largest absolute Gasteiger partial charge is 0.496 e. The minimum atomic E-state index is -0.0728. The number of ether oxygens (including phenoxy) is 3. The smallest absolute Gasteiger partial charge is 0.258 e. The van der Waals surface area contributed by atoms with E-state index in [4.69, 9.17) is 14.2 Å². The summed E-state index contributed by atoms with van der Waals surface area (Å²) in [6.07, 6.45) is 3.17. The average Bonchev–Trinajstić information content (AvgIpc) is 3.44. The van der Waals surface area contributed by atoms with Gasteiger partial charge in [0, 0.05) is 48.8 Å². The Balaban J connectivity index is 1.64. The number of carbonyl (C=O) groups excluding carboxylic acids is 1. The molecule has 1 amide bonds. The highest BCUT2D eigenvalue weighted by atomic mass is 16.5. The maximum atomic E-state index is 13.2. The van der Waals surface area contributed by atoms with Crippen molar-refractivity contribution in [3.05, 3.63) is 34.6 Å². The Bertz CT molecular complexity index is 842. The van der Waals surface area contributed by atoms with Crippen LogP contribution in [0.5, 0.6) is 17.2 Å². The van der Waals surface area contributed by atoms with E-state index in [1.54, 1.807) is 33.5 Å². The van der Waals surface area contributed by atoms with Crippen LogP contribution in [0, 0.1) is 0 Å². The van der Waals surface area contributed by atoms with Crippen molar-refractivity contribution in [1.82, 2.24) is 15.1 Å². The van der Waals surface area contributed by atoms with E-state index in [0.717, 1.165) is 17.8 Å². The molecule has 1 aromatic heterocycles. The van der Waals surface area contributed by atoms with E-state index in [2.05, 4.69) is 10.2 Å². The van der Waals surface area contributed by atoms with Crippen LogP contribution in [0.15, 0.2) is 12.1 Å². The van der Waals surface area contributed by atoms with Gasteiger partial charge in [-0.25, -0.2) is 0 Å². The van der Waals surface area contributed by atoms with E-state index in [0.29, 0.717) is 41.8 Å². The van der Waals surface area contributed by atoms with Crippen LogP contribution in [0.4, 0.5) is 0 Å². The fourth-order valence-corrected chi connectivity index (χ4v) is 3.55. The summed E-state index contributed by atoms with van der Waals surface area (Å²) in [4.78, 5) is 15.0. The Kier molecular flexibility index (Phi) is 4.22. The van der Waals surface area contributed by atoms with Crippen molar-refractivity contribution in [2.75, 3.05) is 27.9 Å². The molecule has 2 aromatic rings. The highest BCUT2D eigenvalue weighted by Gasteiger charge is 2.34. The molecular formula is C19H23N3O4. The standard InChI is InChI=1S/C19H23N3O4/c1-24-15-9-17(26-3)16(25-2)8-12(15)19(23)22-7-6-14-13(10-22)18(21-20-14)11-4-5-11/h8-9,11H,4-7,10H2,1-3H3,(H,20,21). The summed E-state index contributed by atoms with van der Waals surface area (Å²) in [5.74, 6) is 2.01. The van der Waals surface area contributed by atoms with Gasteiger partial charge in [-0.2, -0.15) is 5.10 Å². The van der Waals surface area contributed by atoms with Crippen LogP contribution in [0.3, 0.4) is 0 Å². The molecule has 4 rings (SSSR count). The van der Waals surface area contributed by atoms with Gasteiger partial charge in [0.05, 0.1) is 32.6 Å². The average molecular weight is 357 g/mol. The Hall–Kier alpha value is -2.70. The summed E-state index contributed by atoms with van der Waals surface area (Å²) in [6.45, 7) is 1.23. The van der Waals surface area contributed by atoms with Gasteiger partial charge in [-0.15, -0.1) is 0 Å². The zero-order chi connectivity index (χ0) is 18.3. The minimum absolute atomic E-state index is 0.0728. The number of aromatic nitrogens is 2. The zero-order valence-electron chi connectivity index (χ0n) is 15.3. The van der Waals surface area contributed by atoms with Gasteiger partial charge in [0.2, 0.25) is 0 Å². The summed E-state index contributed by atoms with van der Waals surface area (Å²) >= 11 is 0. The van der Waals surface area contributed by atoms with Gasteiger partial charge in [-0.1, -0.05) is 0 Å². The lowest BCUT2D eigenvalue weighted by molar-refractivity contribution is 0.0730. The van der Waals surface area contributed by atoms with E-state index in [-0.39, 0.29) is 5.91 Å². The van der Waals surface area contributed by atoms with Gasteiger partial charge in [0.1, 0.15) is 5.75 Å². The Morgan fingerprint density at radius 1 is 1.12 bits per heavy atom. The second-order valence-electron chi connectivity index (χ2n) is 6.72. The summed E-state index contributed by atoms with van der Waals surface area (Å²) in [5, 5.41) is 7.64. The highest BCUT2D eigenvalue weighted by Crippen LogP contribution is 2.42. The van der Waals surface area contributed by atoms with Crippen LogP contribution in [-0.2, 0) is 13.0 Å². The van der Waals surface area contributed by atoms with Crippen molar-refractivity contribution in [2.24, 2.45) is 0 Å². The molecule has 7 heteroatoms. The fraction of sp³-hybridized carbons (Fsp3) is 0.474. The van der Waals surface area contributed by atoms with E-state index >= 15 is 0 Å². The molecule has 7 nitrogen and oxygen atoms in total. The van der Waals surface area contributed by atoms with E-state index in [1.807, 2.05) is 4.90 Å². The number of benzene rings is 1. The van der Waals surface area contributed by atoms with Gasteiger partial charge >= 0.3 is 0 Å². The lowest BCUT2D eigenvalue weighted by atomic mass is 10.0. The van der Waals surface area contributed by atoms with Crippen LogP contribution >= 0.6 is 0 Å². The number of carbonyl (C=O) groups is 1. The number of amides is 1. The maximum Gasteiger partial charge on any atom is 0.258 e. The van der Waals surface area contributed by atoms with Crippen LogP contribution in [-0.4, -0.2) is 48.9 Å².